The number of aromatic nitrogens is 3. The normalized spacial score (nSPS) is 10.4. The molecule has 6 heteroatoms. The summed E-state index contributed by atoms with van der Waals surface area (Å²) in [5.74, 6) is -0.687. The second-order valence-electron chi connectivity index (χ2n) is 2.75. The summed E-state index contributed by atoms with van der Waals surface area (Å²) < 4.78 is 6.28. The van der Waals surface area contributed by atoms with Crippen molar-refractivity contribution in [2.45, 2.75) is 0 Å². The quantitative estimate of drug-likeness (QED) is 0.761. The predicted octanol–water partition coefficient (Wildman–Crippen LogP) is 0.773. The number of aryl methyl sites for hydroxylation is 1. The Bertz CT molecular complexity index is 458. The van der Waals surface area contributed by atoms with Crippen molar-refractivity contribution < 1.29 is 14.4 Å². The van der Waals surface area contributed by atoms with E-state index in [-0.39, 0.29) is 5.69 Å². The Morgan fingerprint density at radius 1 is 1.64 bits per heavy atom. The van der Waals surface area contributed by atoms with Gasteiger partial charge >= 0.3 is 5.97 Å². The summed E-state index contributed by atoms with van der Waals surface area (Å²) >= 11 is 0. The van der Waals surface area contributed by atoms with Crippen LogP contribution in [0.1, 0.15) is 10.5 Å². The number of carboxylic acid groups (broad SMARTS) is 1. The average Bonchev–Trinajstić information content (AvgIpc) is 2.70. The third kappa shape index (κ3) is 1.26. The molecule has 2 rings (SSSR count). The molecular formula is C8H7N3O3. The Hall–Kier alpha value is -2.11. The fourth-order valence-electron chi connectivity index (χ4n) is 1.18. The van der Waals surface area contributed by atoms with Crippen LogP contribution in [0.25, 0.3) is 11.3 Å². The van der Waals surface area contributed by atoms with Crippen LogP contribution in [0.2, 0.25) is 0 Å². The van der Waals surface area contributed by atoms with Crippen LogP contribution < -0.4 is 0 Å². The Balaban J connectivity index is 2.58. The summed E-state index contributed by atoms with van der Waals surface area (Å²) in [5.41, 5.74) is 0.391. The molecule has 1 N–H and O–H groups in total. The smallest absolute Gasteiger partial charge is 0.357 e. The van der Waals surface area contributed by atoms with E-state index in [1.807, 2.05) is 0 Å². The van der Waals surface area contributed by atoms with E-state index in [0.717, 1.165) is 0 Å². The minimum absolute atomic E-state index is 0.0377. The topological polar surface area (TPSA) is 81.2 Å². The van der Waals surface area contributed by atoms with Gasteiger partial charge in [0.25, 0.3) is 0 Å². The molecule has 0 fully saturated rings. The molecule has 0 bridgehead atoms. The van der Waals surface area contributed by atoms with E-state index >= 15 is 0 Å². The van der Waals surface area contributed by atoms with Gasteiger partial charge in [-0.3, -0.25) is 4.68 Å². The first-order valence-electron chi connectivity index (χ1n) is 3.86. The maximum absolute atomic E-state index is 10.8. The van der Waals surface area contributed by atoms with Crippen LogP contribution in [-0.2, 0) is 7.05 Å². The van der Waals surface area contributed by atoms with Gasteiger partial charge in [-0.15, -0.1) is 0 Å². The minimum atomic E-state index is -1.09. The van der Waals surface area contributed by atoms with E-state index in [0.29, 0.717) is 11.3 Å². The zero-order chi connectivity index (χ0) is 10.1. The van der Waals surface area contributed by atoms with E-state index in [1.165, 1.54) is 10.9 Å². The third-order valence-electron chi connectivity index (χ3n) is 1.73. The SMILES string of the molecule is Cn1cc(-c2ccno2)c(C(=O)O)n1. The third-order valence-corrected chi connectivity index (χ3v) is 1.73. The Kier molecular flexibility index (Phi) is 1.81. The summed E-state index contributed by atoms with van der Waals surface area (Å²) in [7, 11) is 1.65. The van der Waals surface area contributed by atoms with Crippen molar-refractivity contribution in [2.24, 2.45) is 7.05 Å². The van der Waals surface area contributed by atoms with Gasteiger partial charge in [0.1, 0.15) is 0 Å². The van der Waals surface area contributed by atoms with Gasteiger partial charge in [-0.1, -0.05) is 5.16 Å². The highest BCUT2D eigenvalue weighted by molar-refractivity contribution is 5.92. The molecular weight excluding hydrogens is 186 g/mol. The van der Waals surface area contributed by atoms with Crippen LogP contribution in [0.4, 0.5) is 0 Å². The molecule has 2 aromatic rings. The Labute approximate surface area is 78.7 Å². The number of rotatable bonds is 2. The standard InChI is InChI=1S/C8H7N3O3/c1-11-4-5(6-2-3-9-14-6)7(10-11)8(12)13/h2-4H,1H3,(H,12,13). The van der Waals surface area contributed by atoms with Gasteiger partial charge in [-0.2, -0.15) is 5.10 Å². The van der Waals surface area contributed by atoms with Crippen LogP contribution in [0.5, 0.6) is 0 Å². The molecule has 0 aliphatic carbocycles. The number of hydrogen-bond acceptors (Lipinski definition) is 4. The summed E-state index contributed by atoms with van der Waals surface area (Å²) in [6.07, 6.45) is 3.03. The molecule has 0 saturated heterocycles. The van der Waals surface area contributed by atoms with E-state index in [4.69, 9.17) is 9.63 Å². The van der Waals surface area contributed by atoms with Crippen molar-refractivity contribution in [3.8, 4) is 11.3 Å². The molecule has 0 aliphatic rings. The molecule has 0 saturated carbocycles. The zero-order valence-corrected chi connectivity index (χ0v) is 7.34. The van der Waals surface area contributed by atoms with Gasteiger partial charge in [0.2, 0.25) is 0 Å². The lowest BCUT2D eigenvalue weighted by Gasteiger charge is -1.90. The van der Waals surface area contributed by atoms with Gasteiger partial charge in [0.15, 0.2) is 11.5 Å². The molecule has 0 radical (unpaired) electrons. The number of nitrogens with zero attached hydrogens (tertiary/aromatic N) is 3. The average molecular weight is 193 g/mol. The maximum Gasteiger partial charge on any atom is 0.357 e. The van der Waals surface area contributed by atoms with Crippen molar-refractivity contribution in [3.05, 3.63) is 24.2 Å². The molecule has 0 spiro atoms. The van der Waals surface area contributed by atoms with Crippen molar-refractivity contribution in [1.82, 2.24) is 14.9 Å². The predicted molar refractivity (Wildman–Crippen MR) is 45.7 cm³/mol. The van der Waals surface area contributed by atoms with Crippen LogP contribution in [0, 0.1) is 0 Å². The summed E-state index contributed by atoms with van der Waals surface area (Å²) in [6.45, 7) is 0. The minimum Gasteiger partial charge on any atom is -0.476 e. The maximum atomic E-state index is 10.8. The second-order valence-corrected chi connectivity index (χ2v) is 2.75. The fraction of sp³-hybridized carbons (Fsp3) is 0.125. The van der Waals surface area contributed by atoms with E-state index in [9.17, 15) is 4.79 Å². The van der Waals surface area contributed by atoms with Crippen LogP contribution in [0.3, 0.4) is 0 Å². The summed E-state index contributed by atoms with van der Waals surface area (Å²) in [6, 6.07) is 1.59. The van der Waals surface area contributed by atoms with Crippen LogP contribution in [0.15, 0.2) is 23.0 Å². The van der Waals surface area contributed by atoms with Crippen molar-refractivity contribution in [3.63, 3.8) is 0 Å². The zero-order valence-electron chi connectivity index (χ0n) is 7.34. The largest absolute Gasteiger partial charge is 0.476 e. The summed E-state index contributed by atoms with van der Waals surface area (Å²) in [5, 5.41) is 16.1. The number of hydrogen-bond donors (Lipinski definition) is 1. The van der Waals surface area contributed by atoms with Gasteiger partial charge in [-0.25, -0.2) is 4.79 Å². The number of carbonyl (C=O) groups is 1. The van der Waals surface area contributed by atoms with Crippen LogP contribution >= 0.6 is 0 Å². The second kappa shape index (κ2) is 2.99. The van der Waals surface area contributed by atoms with Gasteiger partial charge in [0.05, 0.1) is 11.8 Å². The lowest BCUT2D eigenvalue weighted by atomic mass is 10.2. The van der Waals surface area contributed by atoms with Gasteiger partial charge in [0, 0.05) is 19.3 Å². The first-order valence-corrected chi connectivity index (χ1v) is 3.86. The first kappa shape index (κ1) is 8.49. The highest BCUT2D eigenvalue weighted by Crippen LogP contribution is 2.21. The lowest BCUT2D eigenvalue weighted by molar-refractivity contribution is 0.0690. The number of aromatic carboxylic acids is 1. The lowest BCUT2D eigenvalue weighted by Crippen LogP contribution is -2.00. The highest BCUT2D eigenvalue weighted by atomic mass is 16.5. The van der Waals surface area contributed by atoms with Gasteiger partial charge < -0.3 is 9.63 Å². The molecule has 2 aromatic heterocycles. The molecule has 0 unspecified atom stereocenters. The molecule has 6 nitrogen and oxygen atoms in total. The van der Waals surface area contributed by atoms with E-state index in [2.05, 4.69) is 10.3 Å². The fourth-order valence-corrected chi connectivity index (χ4v) is 1.18. The number of carboxylic acids is 1. The van der Waals surface area contributed by atoms with E-state index in [1.54, 1.807) is 19.3 Å². The molecule has 0 amide bonds. The van der Waals surface area contributed by atoms with E-state index < -0.39 is 5.97 Å². The molecule has 0 atom stereocenters. The summed E-state index contributed by atoms with van der Waals surface area (Å²) in [4.78, 5) is 10.8. The molecule has 2 heterocycles. The molecule has 14 heavy (non-hydrogen) atoms. The molecule has 72 valence electrons. The molecule has 0 aromatic carbocycles. The van der Waals surface area contributed by atoms with Crippen LogP contribution in [-0.4, -0.2) is 26.0 Å². The molecule has 0 aliphatic heterocycles. The Morgan fingerprint density at radius 2 is 2.43 bits per heavy atom. The highest BCUT2D eigenvalue weighted by Gasteiger charge is 2.18. The van der Waals surface area contributed by atoms with Gasteiger partial charge in [-0.05, 0) is 0 Å². The van der Waals surface area contributed by atoms with Crippen molar-refractivity contribution in [2.75, 3.05) is 0 Å². The Morgan fingerprint density at radius 3 is 3.00 bits per heavy atom. The monoisotopic (exact) mass is 193 g/mol. The van der Waals surface area contributed by atoms with Crippen molar-refractivity contribution >= 4 is 5.97 Å². The van der Waals surface area contributed by atoms with Crippen molar-refractivity contribution in [1.29, 1.82) is 0 Å². The first-order chi connectivity index (χ1) is 6.68.